The van der Waals surface area contributed by atoms with Crippen LogP contribution in [0.15, 0.2) is 29.1 Å². The first-order chi connectivity index (χ1) is 12.0. The van der Waals surface area contributed by atoms with E-state index in [0.717, 1.165) is 17.5 Å². The van der Waals surface area contributed by atoms with Crippen molar-refractivity contribution >= 4 is 22.8 Å². The lowest BCUT2D eigenvalue weighted by atomic mass is 10.1. The highest BCUT2D eigenvalue weighted by atomic mass is 16.4. The fraction of sp³-hybridized carbons (Fsp3) is 0.471. The Morgan fingerprint density at radius 2 is 2.04 bits per heavy atom. The number of nitrogens with one attached hydrogen (secondary N) is 1. The monoisotopic (exact) mass is 346 g/mol. The predicted molar refractivity (Wildman–Crippen MR) is 92.2 cm³/mol. The smallest absolute Gasteiger partial charge is 0.303 e. The summed E-state index contributed by atoms with van der Waals surface area (Å²) in [5, 5.41) is 19.7. The van der Waals surface area contributed by atoms with Crippen molar-refractivity contribution in [3.63, 3.8) is 0 Å². The molecule has 0 unspecified atom stereocenters. The number of benzene rings is 1. The zero-order valence-corrected chi connectivity index (χ0v) is 14.1. The molecule has 8 nitrogen and oxygen atoms in total. The summed E-state index contributed by atoms with van der Waals surface area (Å²) >= 11 is 0. The van der Waals surface area contributed by atoms with Crippen molar-refractivity contribution in [1.82, 2.24) is 20.3 Å². The van der Waals surface area contributed by atoms with Crippen molar-refractivity contribution < 1.29 is 14.7 Å². The second kappa shape index (κ2) is 8.91. The van der Waals surface area contributed by atoms with E-state index in [1.807, 2.05) is 6.92 Å². The van der Waals surface area contributed by atoms with Crippen molar-refractivity contribution in [2.75, 3.05) is 6.54 Å². The second-order valence-corrected chi connectivity index (χ2v) is 5.80. The summed E-state index contributed by atoms with van der Waals surface area (Å²) in [6.45, 7) is 2.24. The Balaban J connectivity index is 2.21. The van der Waals surface area contributed by atoms with Crippen LogP contribution in [0.25, 0.3) is 10.9 Å². The fourth-order valence-corrected chi connectivity index (χ4v) is 2.54. The molecule has 134 valence electrons. The third kappa shape index (κ3) is 4.85. The molecule has 0 aliphatic carbocycles. The SMILES string of the molecule is CCCC[C@H](C(=O)NCCCC(=O)O)n1nnc2ccccc2c1=O. The van der Waals surface area contributed by atoms with Gasteiger partial charge in [-0.05, 0) is 25.0 Å². The van der Waals surface area contributed by atoms with Gasteiger partial charge in [-0.15, -0.1) is 5.10 Å². The molecule has 2 rings (SSSR count). The lowest BCUT2D eigenvalue weighted by Crippen LogP contribution is -2.39. The molecule has 8 heteroatoms. The fourth-order valence-electron chi connectivity index (χ4n) is 2.54. The molecule has 0 bridgehead atoms. The van der Waals surface area contributed by atoms with Crippen LogP contribution in [0.4, 0.5) is 0 Å². The molecular formula is C17H22N4O4. The van der Waals surface area contributed by atoms with Crippen LogP contribution < -0.4 is 10.9 Å². The van der Waals surface area contributed by atoms with Gasteiger partial charge in [-0.1, -0.05) is 37.1 Å². The Morgan fingerprint density at radius 3 is 2.76 bits per heavy atom. The van der Waals surface area contributed by atoms with Crippen LogP contribution in [0.5, 0.6) is 0 Å². The number of carbonyl (C=O) groups excluding carboxylic acids is 1. The Bertz CT molecular complexity index is 803. The number of nitrogens with zero attached hydrogens (tertiary/aromatic N) is 3. The van der Waals surface area contributed by atoms with Gasteiger partial charge in [0.1, 0.15) is 11.6 Å². The molecule has 1 aromatic heterocycles. The number of unbranched alkanes of at least 4 members (excludes halogenated alkanes) is 1. The van der Waals surface area contributed by atoms with Gasteiger partial charge in [0, 0.05) is 13.0 Å². The lowest BCUT2D eigenvalue weighted by molar-refractivity contribution is -0.137. The number of aromatic nitrogens is 3. The predicted octanol–water partition coefficient (Wildman–Crippen LogP) is 1.50. The zero-order chi connectivity index (χ0) is 18.2. The van der Waals surface area contributed by atoms with E-state index in [1.165, 1.54) is 0 Å². The Kier molecular flexibility index (Phi) is 6.62. The number of amides is 1. The molecule has 0 aliphatic heterocycles. The van der Waals surface area contributed by atoms with Crippen molar-refractivity contribution in [2.45, 2.75) is 45.1 Å². The molecule has 0 aliphatic rings. The average Bonchev–Trinajstić information content (AvgIpc) is 2.60. The molecule has 0 saturated carbocycles. The summed E-state index contributed by atoms with van der Waals surface area (Å²) in [6, 6.07) is 6.10. The number of carboxylic acid groups (broad SMARTS) is 1. The quantitative estimate of drug-likeness (QED) is 0.665. The van der Waals surface area contributed by atoms with Gasteiger partial charge >= 0.3 is 5.97 Å². The zero-order valence-electron chi connectivity index (χ0n) is 14.1. The standard InChI is InChI=1S/C17H22N4O4/c1-2-3-9-14(16(24)18-11-6-10-15(22)23)21-17(25)12-7-4-5-8-13(12)19-20-21/h4-5,7-8,14H,2-3,6,9-11H2,1H3,(H,18,24)(H,22,23)/t14-/m1/s1. The normalized spacial score (nSPS) is 12.0. The number of aliphatic carboxylic acids is 1. The third-order valence-electron chi connectivity index (χ3n) is 3.89. The van der Waals surface area contributed by atoms with Crippen molar-refractivity contribution in [2.24, 2.45) is 0 Å². The largest absolute Gasteiger partial charge is 0.481 e. The lowest BCUT2D eigenvalue weighted by Gasteiger charge is -2.17. The maximum atomic E-state index is 12.7. The second-order valence-electron chi connectivity index (χ2n) is 5.80. The maximum Gasteiger partial charge on any atom is 0.303 e. The van der Waals surface area contributed by atoms with Gasteiger partial charge in [-0.2, -0.15) is 4.68 Å². The third-order valence-corrected chi connectivity index (χ3v) is 3.89. The van der Waals surface area contributed by atoms with E-state index in [1.54, 1.807) is 24.3 Å². The van der Waals surface area contributed by atoms with Crippen LogP contribution >= 0.6 is 0 Å². The molecule has 1 amide bonds. The van der Waals surface area contributed by atoms with Gasteiger partial charge in [0.2, 0.25) is 5.91 Å². The molecule has 0 fully saturated rings. The van der Waals surface area contributed by atoms with Crippen LogP contribution in [-0.2, 0) is 9.59 Å². The Hall–Kier alpha value is -2.77. The summed E-state index contributed by atoms with van der Waals surface area (Å²) in [5.74, 6) is -1.25. The van der Waals surface area contributed by atoms with Gasteiger partial charge in [0.25, 0.3) is 5.56 Å². The number of hydrogen-bond acceptors (Lipinski definition) is 5. The first-order valence-electron chi connectivity index (χ1n) is 8.38. The number of carbonyl (C=O) groups is 2. The van der Waals surface area contributed by atoms with E-state index in [0.29, 0.717) is 23.7 Å². The number of hydrogen-bond donors (Lipinski definition) is 2. The molecule has 2 N–H and O–H groups in total. The Labute approximate surface area is 144 Å². The van der Waals surface area contributed by atoms with E-state index in [2.05, 4.69) is 15.6 Å². The van der Waals surface area contributed by atoms with Crippen LogP contribution in [0, 0.1) is 0 Å². The van der Waals surface area contributed by atoms with Gasteiger partial charge < -0.3 is 10.4 Å². The number of fused-ring (bicyclic) bond motifs is 1. The molecule has 2 aromatic rings. The van der Waals surface area contributed by atoms with Gasteiger partial charge in [-0.25, -0.2) is 0 Å². The molecule has 0 spiro atoms. The molecule has 0 radical (unpaired) electrons. The van der Waals surface area contributed by atoms with Gasteiger partial charge in [-0.3, -0.25) is 14.4 Å². The van der Waals surface area contributed by atoms with Crippen molar-refractivity contribution in [3.05, 3.63) is 34.6 Å². The van der Waals surface area contributed by atoms with E-state index >= 15 is 0 Å². The summed E-state index contributed by atoms with van der Waals surface area (Å²) in [6.07, 6.45) is 2.41. The van der Waals surface area contributed by atoms with E-state index in [9.17, 15) is 14.4 Å². The van der Waals surface area contributed by atoms with Crippen LogP contribution in [-0.4, -0.2) is 38.5 Å². The highest BCUT2D eigenvalue weighted by molar-refractivity contribution is 5.81. The highest BCUT2D eigenvalue weighted by Gasteiger charge is 2.23. The maximum absolute atomic E-state index is 12.7. The van der Waals surface area contributed by atoms with Gasteiger partial charge in [0.05, 0.1) is 5.39 Å². The highest BCUT2D eigenvalue weighted by Crippen LogP contribution is 2.14. The van der Waals surface area contributed by atoms with Crippen LogP contribution in [0.1, 0.15) is 45.1 Å². The van der Waals surface area contributed by atoms with Crippen LogP contribution in [0.3, 0.4) is 0 Å². The Morgan fingerprint density at radius 1 is 1.28 bits per heavy atom. The average molecular weight is 346 g/mol. The van der Waals surface area contributed by atoms with Crippen LogP contribution in [0.2, 0.25) is 0 Å². The van der Waals surface area contributed by atoms with Crippen molar-refractivity contribution in [3.8, 4) is 0 Å². The minimum Gasteiger partial charge on any atom is -0.481 e. The molecular weight excluding hydrogens is 324 g/mol. The molecule has 1 aromatic carbocycles. The number of carboxylic acids is 1. The molecule has 1 atom stereocenters. The minimum absolute atomic E-state index is 0.0182. The van der Waals surface area contributed by atoms with Crippen molar-refractivity contribution in [1.29, 1.82) is 0 Å². The van der Waals surface area contributed by atoms with E-state index in [4.69, 9.17) is 5.11 Å². The molecule has 25 heavy (non-hydrogen) atoms. The van der Waals surface area contributed by atoms with E-state index in [-0.39, 0.29) is 24.4 Å². The molecule has 1 heterocycles. The number of rotatable bonds is 9. The summed E-state index contributed by atoms with van der Waals surface area (Å²) in [5.41, 5.74) is 0.132. The first kappa shape index (κ1) is 18.6. The summed E-state index contributed by atoms with van der Waals surface area (Å²) < 4.78 is 1.13. The first-order valence-corrected chi connectivity index (χ1v) is 8.38. The summed E-state index contributed by atoms with van der Waals surface area (Å²) in [7, 11) is 0. The molecule has 0 saturated heterocycles. The minimum atomic E-state index is -0.909. The van der Waals surface area contributed by atoms with Gasteiger partial charge in [0.15, 0.2) is 0 Å². The van der Waals surface area contributed by atoms with E-state index < -0.39 is 12.0 Å². The topological polar surface area (TPSA) is 114 Å². The summed E-state index contributed by atoms with van der Waals surface area (Å²) in [4.78, 5) is 35.7.